The van der Waals surface area contributed by atoms with Crippen LogP contribution in [0.15, 0.2) is 59.1 Å². The average molecular weight is 378 g/mol. The number of oxazole rings is 1. The lowest BCUT2D eigenvalue weighted by molar-refractivity contribution is -0.137. The highest BCUT2D eigenvalue weighted by Gasteiger charge is 2.29. The Morgan fingerprint density at radius 2 is 1.70 bits per heavy atom. The Morgan fingerprint density at radius 1 is 1.04 bits per heavy atom. The molecule has 0 saturated heterocycles. The first-order chi connectivity index (χ1) is 12.8. The summed E-state index contributed by atoms with van der Waals surface area (Å²) in [6, 6.07) is 9.90. The maximum absolute atomic E-state index is 12.9. The Bertz CT molecular complexity index is 916. The monoisotopic (exact) mass is 378 g/mol. The second-order valence-electron chi connectivity index (χ2n) is 5.75. The topological polar surface area (TPSA) is 55.1 Å². The number of carbonyl (C=O) groups excluding carboxylic acids is 1. The number of hydrogen-bond acceptors (Lipinski definition) is 3. The molecule has 0 radical (unpaired) electrons. The maximum atomic E-state index is 12.9. The van der Waals surface area contributed by atoms with E-state index in [1.54, 1.807) is 12.1 Å². The molecule has 0 unspecified atom stereocenters. The third kappa shape index (κ3) is 4.93. The molecule has 140 valence electrons. The second kappa shape index (κ2) is 7.61. The van der Waals surface area contributed by atoms with Gasteiger partial charge >= 0.3 is 6.18 Å². The summed E-state index contributed by atoms with van der Waals surface area (Å²) in [5, 5.41) is 2.52. The fraction of sp³-hybridized carbons (Fsp3) is 0.158. The van der Waals surface area contributed by atoms with Crippen molar-refractivity contribution in [2.75, 3.05) is 5.32 Å². The predicted octanol–water partition coefficient (Wildman–Crippen LogP) is 5.07. The molecular formula is C19H14F4N2O2. The summed E-state index contributed by atoms with van der Waals surface area (Å²) in [6.07, 6.45) is -2.68. The molecule has 4 nitrogen and oxygen atoms in total. The molecule has 2 aromatic carbocycles. The molecule has 0 bridgehead atoms. The van der Waals surface area contributed by atoms with E-state index >= 15 is 0 Å². The lowest BCUT2D eigenvalue weighted by Gasteiger charge is -2.08. The number of nitrogens with zero attached hydrogens (tertiary/aromatic N) is 1. The van der Waals surface area contributed by atoms with Crippen molar-refractivity contribution in [2.24, 2.45) is 0 Å². The molecule has 0 aliphatic heterocycles. The quantitative estimate of drug-likeness (QED) is 0.631. The first-order valence-electron chi connectivity index (χ1n) is 7.99. The van der Waals surface area contributed by atoms with E-state index in [0.717, 1.165) is 12.1 Å². The minimum absolute atomic E-state index is 0.0460. The van der Waals surface area contributed by atoms with Gasteiger partial charge in [0.05, 0.1) is 11.8 Å². The lowest BCUT2D eigenvalue weighted by Crippen LogP contribution is -2.13. The van der Waals surface area contributed by atoms with Crippen LogP contribution in [-0.4, -0.2) is 10.9 Å². The number of hydrogen-bond donors (Lipinski definition) is 1. The van der Waals surface area contributed by atoms with Crippen LogP contribution < -0.4 is 5.32 Å². The lowest BCUT2D eigenvalue weighted by atomic mass is 10.2. The summed E-state index contributed by atoms with van der Waals surface area (Å²) in [4.78, 5) is 16.0. The molecule has 1 amide bonds. The van der Waals surface area contributed by atoms with E-state index in [0.29, 0.717) is 17.2 Å². The summed E-state index contributed by atoms with van der Waals surface area (Å²) in [7, 11) is 0. The van der Waals surface area contributed by atoms with Gasteiger partial charge in [-0.25, -0.2) is 9.37 Å². The van der Waals surface area contributed by atoms with E-state index in [4.69, 9.17) is 4.42 Å². The molecule has 0 spiro atoms. The van der Waals surface area contributed by atoms with Crippen LogP contribution in [0.3, 0.4) is 0 Å². The number of anilines is 1. The molecule has 1 N–H and O–H groups in total. The Labute approximate surface area is 151 Å². The second-order valence-corrected chi connectivity index (χ2v) is 5.75. The van der Waals surface area contributed by atoms with E-state index in [9.17, 15) is 22.4 Å². The molecule has 8 heteroatoms. The molecule has 3 aromatic rings. The van der Waals surface area contributed by atoms with Crippen LogP contribution in [-0.2, 0) is 17.4 Å². The molecule has 1 aromatic heterocycles. The van der Waals surface area contributed by atoms with Crippen molar-refractivity contribution in [1.29, 1.82) is 0 Å². The van der Waals surface area contributed by atoms with Gasteiger partial charge in [-0.3, -0.25) is 4.79 Å². The van der Waals surface area contributed by atoms with E-state index in [-0.39, 0.29) is 30.3 Å². The Balaban J connectivity index is 1.54. The molecular weight excluding hydrogens is 364 g/mol. The van der Waals surface area contributed by atoms with E-state index in [2.05, 4.69) is 10.3 Å². The molecule has 0 atom stereocenters. The highest BCUT2D eigenvalue weighted by molar-refractivity contribution is 5.90. The summed E-state index contributed by atoms with van der Waals surface area (Å²) in [6.45, 7) is 0. The fourth-order valence-corrected chi connectivity index (χ4v) is 2.36. The number of alkyl halides is 3. The minimum atomic E-state index is -4.42. The van der Waals surface area contributed by atoms with Gasteiger partial charge in [0.2, 0.25) is 5.91 Å². The summed E-state index contributed by atoms with van der Waals surface area (Å²) in [5.41, 5.74) is 0.144. The van der Waals surface area contributed by atoms with Crippen molar-refractivity contribution >= 4 is 11.6 Å². The van der Waals surface area contributed by atoms with Gasteiger partial charge in [-0.2, -0.15) is 13.2 Å². The summed E-state index contributed by atoms with van der Waals surface area (Å²) in [5.74, 6) is 0.0414. The van der Waals surface area contributed by atoms with Crippen LogP contribution in [0.1, 0.15) is 17.9 Å². The number of aromatic nitrogens is 1. The highest BCUT2D eigenvalue weighted by atomic mass is 19.4. The van der Waals surface area contributed by atoms with Crippen LogP contribution in [0.4, 0.5) is 23.2 Å². The van der Waals surface area contributed by atoms with Gasteiger partial charge in [0.25, 0.3) is 0 Å². The third-order valence-electron chi connectivity index (χ3n) is 3.74. The average Bonchev–Trinajstić information content (AvgIpc) is 3.09. The van der Waals surface area contributed by atoms with Gasteiger partial charge in [-0.1, -0.05) is 0 Å². The van der Waals surface area contributed by atoms with E-state index < -0.39 is 11.7 Å². The van der Waals surface area contributed by atoms with Gasteiger partial charge in [0, 0.05) is 24.1 Å². The maximum Gasteiger partial charge on any atom is 0.416 e. The third-order valence-corrected chi connectivity index (χ3v) is 3.74. The predicted molar refractivity (Wildman–Crippen MR) is 90.3 cm³/mol. The van der Waals surface area contributed by atoms with Gasteiger partial charge in [-0.05, 0) is 48.5 Å². The Morgan fingerprint density at radius 3 is 2.33 bits per heavy atom. The summed E-state index contributed by atoms with van der Waals surface area (Å²) < 4.78 is 56.0. The normalized spacial score (nSPS) is 11.4. The number of rotatable bonds is 5. The number of benzene rings is 2. The van der Waals surface area contributed by atoms with E-state index in [1.165, 1.54) is 30.5 Å². The summed E-state index contributed by atoms with van der Waals surface area (Å²) >= 11 is 0. The number of nitrogens with one attached hydrogen (secondary N) is 1. The Kier molecular flexibility index (Phi) is 5.25. The van der Waals surface area contributed by atoms with Crippen molar-refractivity contribution in [3.8, 4) is 11.3 Å². The zero-order valence-corrected chi connectivity index (χ0v) is 13.9. The van der Waals surface area contributed by atoms with Crippen molar-refractivity contribution in [3.05, 3.63) is 72.0 Å². The molecule has 0 aliphatic carbocycles. The molecule has 0 saturated carbocycles. The largest absolute Gasteiger partial charge is 0.441 e. The molecule has 0 aliphatic rings. The van der Waals surface area contributed by atoms with Crippen LogP contribution in [0.5, 0.6) is 0 Å². The van der Waals surface area contributed by atoms with Crippen molar-refractivity contribution in [2.45, 2.75) is 19.0 Å². The number of amides is 1. The van der Waals surface area contributed by atoms with Crippen LogP contribution in [0.2, 0.25) is 0 Å². The Hall–Kier alpha value is -3.16. The van der Waals surface area contributed by atoms with Crippen molar-refractivity contribution in [3.63, 3.8) is 0 Å². The zero-order chi connectivity index (χ0) is 19.4. The molecule has 0 fully saturated rings. The SMILES string of the molecule is O=C(CCc1ncc(-c2ccc(F)cc2)o1)Nc1ccc(C(F)(F)F)cc1. The first-order valence-corrected chi connectivity index (χ1v) is 7.99. The fourth-order valence-electron chi connectivity index (χ4n) is 2.36. The van der Waals surface area contributed by atoms with Gasteiger partial charge in [0.1, 0.15) is 5.82 Å². The van der Waals surface area contributed by atoms with Crippen molar-refractivity contribution < 1.29 is 26.8 Å². The first kappa shape index (κ1) is 18.6. The van der Waals surface area contributed by atoms with Crippen LogP contribution in [0, 0.1) is 5.82 Å². The van der Waals surface area contributed by atoms with Gasteiger partial charge in [-0.15, -0.1) is 0 Å². The van der Waals surface area contributed by atoms with Crippen molar-refractivity contribution in [1.82, 2.24) is 4.98 Å². The number of carbonyl (C=O) groups is 1. The smallest absolute Gasteiger partial charge is 0.416 e. The standard InChI is InChI=1S/C19H14F4N2O2/c20-14-5-1-12(2-6-14)16-11-24-18(27-16)10-9-17(26)25-15-7-3-13(4-8-15)19(21,22)23/h1-8,11H,9-10H2,(H,25,26). The minimum Gasteiger partial charge on any atom is -0.441 e. The van der Waals surface area contributed by atoms with Gasteiger partial charge in [0.15, 0.2) is 11.7 Å². The van der Waals surface area contributed by atoms with Gasteiger partial charge < -0.3 is 9.73 Å². The highest BCUT2D eigenvalue weighted by Crippen LogP contribution is 2.29. The number of aryl methyl sites for hydroxylation is 1. The molecule has 1 heterocycles. The van der Waals surface area contributed by atoms with E-state index in [1.807, 2.05) is 0 Å². The van der Waals surface area contributed by atoms with Crippen LogP contribution >= 0.6 is 0 Å². The zero-order valence-electron chi connectivity index (χ0n) is 13.9. The number of halogens is 4. The molecule has 3 rings (SSSR count). The molecule has 27 heavy (non-hydrogen) atoms. The van der Waals surface area contributed by atoms with Crippen LogP contribution in [0.25, 0.3) is 11.3 Å².